The van der Waals surface area contributed by atoms with Gasteiger partial charge < -0.3 is 10.1 Å². The number of hydrogen-bond acceptors (Lipinski definition) is 3. The zero-order chi connectivity index (χ0) is 9.14. The van der Waals surface area contributed by atoms with Crippen LogP contribution in [0.4, 0.5) is 0 Å². The molecule has 13 heavy (non-hydrogen) atoms. The van der Waals surface area contributed by atoms with Gasteiger partial charge in [0.15, 0.2) is 0 Å². The van der Waals surface area contributed by atoms with E-state index in [9.17, 15) is 9.59 Å². The van der Waals surface area contributed by atoms with E-state index in [1.807, 2.05) is 6.92 Å². The molecule has 0 saturated carbocycles. The van der Waals surface area contributed by atoms with Crippen LogP contribution in [0.15, 0.2) is 0 Å². The molecule has 5 heteroatoms. The van der Waals surface area contributed by atoms with E-state index in [2.05, 4.69) is 5.32 Å². The minimum absolute atomic E-state index is 0. The molecule has 1 radical (unpaired) electrons. The van der Waals surface area contributed by atoms with Crippen LogP contribution in [0.1, 0.15) is 26.7 Å². The third-order valence-corrected chi connectivity index (χ3v) is 1.90. The molecule has 1 amide bonds. The predicted octanol–water partition coefficient (Wildman–Crippen LogP) is 0.214. The fourth-order valence-electron chi connectivity index (χ4n) is 1.31. The number of esters is 1. The van der Waals surface area contributed by atoms with Crippen LogP contribution < -0.4 is 5.32 Å². The first kappa shape index (κ1) is 12.5. The number of nitrogens with one attached hydrogen (secondary N) is 1. The van der Waals surface area contributed by atoms with Crippen molar-refractivity contribution >= 4 is 11.9 Å². The maximum atomic E-state index is 10.7. The van der Waals surface area contributed by atoms with E-state index < -0.39 is 0 Å². The summed E-state index contributed by atoms with van der Waals surface area (Å²) in [5, 5.41) is 2.69. The normalized spacial score (nSPS) is 22.9. The second-order valence-corrected chi connectivity index (χ2v) is 3.06. The van der Waals surface area contributed by atoms with Crippen molar-refractivity contribution in [2.75, 3.05) is 0 Å². The van der Waals surface area contributed by atoms with Crippen LogP contribution in [0.25, 0.3) is 0 Å². The summed E-state index contributed by atoms with van der Waals surface area (Å²) in [4.78, 5) is 21.3. The van der Waals surface area contributed by atoms with Gasteiger partial charge in [-0.1, -0.05) is 0 Å². The molecule has 0 spiro atoms. The predicted molar refractivity (Wildman–Crippen MR) is 42.4 cm³/mol. The molecule has 2 atom stereocenters. The van der Waals surface area contributed by atoms with Gasteiger partial charge in [0.1, 0.15) is 6.10 Å². The van der Waals surface area contributed by atoms with Gasteiger partial charge in [0.2, 0.25) is 5.91 Å². The molecule has 1 fully saturated rings. The van der Waals surface area contributed by atoms with Crippen molar-refractivity contribution in [3.8, 4) is 0 Å². The first-order valence-electron chi connectivity index (χ1n) is 4.06. The topological polar surface area (TPSA) is 55.4 Å². The molecule has 1 N–H and O–H groups in total. The van der Waals surface area contributed by atoms with Crippen molar-refractivity contribution < 1.29 is 32.9 Å². The average Bonchev–Trinajstić information content (AvgIpc) is 2.34. The van der Waals surface area contributed by atoms with Crippen LogP contribution in [0.3, 0.4) is 0 Å². The molecular formula is C8H13NO3V. The number of carbonyl (C=O) groups is 2. The van der Waals surface area contributed by atoms with Gasteiger partial charge in [0, 0.05) is 31.9 Å². The SMILES string of the molecule is CC(=O)N[C@@H](C)[C@H]1CCC(=O)O1.[V]. The summed E-state index contributed by atoms with van der Waals surface area (Å²) in [5.41, 5.74) is 0. The molecule has 4 nitrogen and oxygen atoms in total. The third-order valence-electron chi connectivity index (χ3n) is 1.90. The third kappa shape index (κ3) is 3.83. The van der Waals surface area contributed by atoms with Gasteiger partial charge in [-0.2, -0.15) is 0 Å². The Bertz CT molecular complexity index is 208. The van der Waals surface area contributed by atoms with Crippen LogP contribution in [0.2, 0.25) is 0 Å². The smallest absolute Gasteiger partial charge is 0.306 e. The van der Waals surface area contributed by atoms with Gasteiger partial charge in [0.25, 0.3) is 0 Å². The van der Waals surface area contributed by atoms with Crippen molar-refractivity contribution in [2.45, 2.75) is 38.8 Å². The summed E-state index contributed by atoms with van der Waals surface area (Å²) in [5.74, 6) is -0.261. The molecule has 1 aliphatic rings. The zero-order valence-corrected chi connectivity index (χ0v) is 9.14. The molecule has 73 valence electrons. The van der Waals surface area contributed by atoms with E-state index in [1.165, 1.54) is 6.92 Å². The fraction of sp³-hybridized carbons (Fsp3) is 0.750. The van der Waals surface area contributed by atoms with Gasteiger partial charge >= 0.3 is 5.97 Å². The van der Waals surface area contributed by atoms with E-state index in [-0.39, 0.29) is 42.6 Å². The number of amides is 1. The summed E-state index contributed by atoms with van der Waals surface area (Å²) < 4.78 is 4.97. The number of carbonyl (C=O) groups excluding carboxylic acids is 2. The summed E-state index contributed by atoms with van der Waals surface area (Å²) in [6.07, 6.45) is 1.04. The van der Waals surface area contributed by atoms with E-state index in [0.29, 0.717) is 12.8 Å². The van der Waals surface area contributed by atoms with Gasteiger partial charge in [-0.05, 0) is 13.3 Å². The van der Waals surface area contributed by atoms with E-state index >= 15 is 0 Å². The number of rotatable bonds is 2. The standard InChI is InChI=1S/C8H13NO3.V/c1-5(9-6(2)10)7-3-4-8(11)12-7;/h5,7H,3-4H2,1-2H3,(H,9,10);/t5-,7+;/m0./s1. The summed E-state index contributed by atoms with van der Waals surface area (Å²) in [6.45, 7) is 3.29. The average molecular weight is 222 g/mol. The van der Waals surface area contributed by atoms with E-state index in [0.717, 1.165) is 0 Å². The Kier molecular flexibility index (Phi) is 5.10. The van der Waals surface area contributed by atoms with Crippen molar-refractivity contribution in [3.05, 3.63) is 0 Å². The molecule has 0 unspecified atom stereocenters. The number of ether oxygens (including phenoxy) is 1. The Morgan fingerprint density at radius 2 is 2.31 bits per heavy atom. The Morgan fingerprint density at radius 3 is 2.69 bits per heavy atom. The first-order valence-corrected chi connectivity index (χ1v) is 4.06. The largest absolute Gasteiger partial charge is 0.460 e. The van der Waals surface area contributed by atoms with Gasteiger partial charge in [-0.15, -0.1) is 0 Å². The summed E-state index contributed by atoms with van der Waals surface area (Å²) in [6, 6.07) is -0.0750. The second kappa shape index (κ2) is 5.30. The van der Waals surface area contributed by atoms with Gasteiger partial charge in [0.05, 0.1) is 6.04 Å². The van der Waals surface area contributed by atoms with Crippen molar-refractivity contribution in [3.63, 3.8) is 0 Å². The molecule has 0 aliphatic carbocycles. The molecule has 0 bridgehead atoms. The van der Waals surface area contributed by atoms with Crippen LogP contribution in [0, 0.1) is 0 Å². The van der Waals surface area contributed by atoms with E-state index in [1.54, 1.807) is 0 Å². The van der Waals surface area contributed by atoms with Crippen LogP contribution >= 0.6 is 0 Å². The molecule has 0 aromatic carbocycles. The number of hydrogen-bond donors (Lipinski definition) is 1. The Morgan fingerprint density at radius 1 is 1.69 bits per heavy atom. The molecule has 1 aliphatic heterocycles. The maximum absolute atomic E-state index is 10.7. The minimum Gasteiger partial charge on any atom is -0.460 e. The van der Waals surface area contributed by atoms with Crippen molar-refractivity contribution in [1.82, 2.24) is 5.32 Å². The molecule has 0 aromatic heterocycles. The second-order valence-electron chi connectivity index (χ2n) is 3.06. The minimum atomic E-state index is -0.169. The van der Waals surface area contributed by atoms with Crippen molar-refractivity contribution in [1.29, 1.82) is 0 Å². The Hall–Kier alpha value is -0.476. The van der Waals surface area contributed by atoms with Gasteiger partial charge in [-0.25, -0.2) is 0 Å². The van der Waals surface area contributed by atoms with Crippen LogP contribution in [0.5, 0.6) is 0 Å². The monoisotopic (exact) mass is 222 g/mol. The Balaban J connectivity index is 0.00000144. The quantitative estimate of drug-likeness (QED) is 0.680. The first-order chi connectivity index (χ1) is 5.59. The molecule has 1 heterocycles. The molecule has 1 rings (SSSR count). The van der Waals surface area contributed by atoms with E-state index in [4.69, 9.17) is 4.74 Å². The van der Waals surface area contributed by atoms with Gasteiger partial charge in [-0.3, -0.25) is 9.59 Å². The summed E-state index contributed by atoms with van der Waals surface area (Å²) in [7, 11) is 0. The molecular weight excluding hydrogens is 209 g/mol. The number of cyclic esters (lactones) is 1. The molecule has 1 saturated heterocycles. The van der Waals surface area contributed by atoms with Crippen molar-refractivity contribution in [2.24, 2.45) is 0 Å². The fourth-order valence-corrected chi connectivity index (χ4v) is 1.31. The molecule has 0 aromatic rings. The summed E-state index contributed by atoms with van der Waals surface area (Å²) >= 11 is 0. The zero-order valence-electron chi connectivity index (χ0n) is 7.74. The van der Waals surface area contributed by atoms with Crippen LogP contribution in [-0.2, 0) is 32.9 Å². The van der Waals surface area contributed by atoms with Crippen LogP contribution in [-0.4, -0.2) is 24.0 Å². The Labute approximate surface area is 89.3 Å². The maximum Gasteiger partial charge on any atom is 0.306 e.